The molecule has 1 aromatic heterocycles. The van der Waals surface area contributed by atoms with Gasteiger partial charge in [0, 0.05) is 17.2 Å². The summed E-state index contributed by atoms with van der Waals surface area (Å²) in [6.45, 7) is 0.333. The summed E-state index contributed by atoms with van der Waals surface area (Å²) in [6.07, 6.45) is -0.865. The van der Waals surface area contributed by atoms with E-state index >= 15 is 0 Å². The number of nitro benzene ring substituents is 1. The molecule has 170 valence electrons. The number of benzene rings is 3. The lowest BCUT2D eigenvalue weighted by Crippen LogP contribution is -2.25. The smallest absolute Gasteiger partial charge is 0.269 e. The molecule has 1 N–H and O–H groups in total. The molecule has 0 amide bonds. The van der Waals surface area contributed by atoms with Crippen molar-refractivity contribution in [2.75, 3.05) is 6.61 Å². The van der Waals surface area contributed by atoms with Crippen molar-refractivity contribution in [1.82, 2.24) is 9.55 Å². The predicted octanol–water partition coefficient (Wildman–Crippen LogP) is 5.27. The SMILES string of the molecule is O=[N+]([O-])c1ccc(OCC(O)Cn2c(COc3ccc(Cl)cc3Cl)nc3ccccc32)cc1. The normalized spacial score (nSPS) is 12.0. The molecule has 0 spiro atoms. The summed E-state index contributed by atoms with van der Waals surface area (Å²) < 4.78 is 13.3. The van der Waals surface area contributed by atoms with Crippen LogP contribution in [0.15, 0.2) is 66.7 Å². The van der Waals surface area contributed by atoms with Crippen molar-refractivity contribution in [2.24, 2.45) is 0 Å². The summed E-state index contributed by atoms with van der Waals surface area (Å²) >= 11 is 12.1. The lowest BCUT2D eigenvalue weighted by Gasteiger charge is -2.16. The van der Waals surface area contributed by atoms with Gasteiger partial charge < -0.3 is 19.1 Å². The highest BCUT2D eigenvalue weighted by atomic mass is 35.5. The summed E-state index contributed by atoms with van der Waals surface area (Å²) in [7, 11) is 0. The van der Waals surface area contributed by atoms with E-state index < -0.39 is 11.0 Å². The third kappa shape index (κ3) is 5.54. The molecule has 0 bridgehead atoms. The van der Waals surface area contributed by atoms with Gasteiger partial charge >= 0.3 is 0 Å². The zero-order chi connectivity index (χ0) is 23.4. The second kappa shape index (κ2) is 10.1. The van der Waals surface area contributed by atoms with Crippen LogP contribution >= 0.6 is 23.2 Å². The van der Waals surface area contributed by atoms with E-state index in [2.05, 4.69) is 4.98 Å². The molecular formula is C23H19Cl2N3O5. The monoisotopic (exact) mass is 487 g/mol. The van der Waals surface area contributed by atoms with Gasteiger partial charge in [0.05, 0.1) is 27.5 Å². The molecule has 0 aliphatic heterocycles. The zero-order valence-corrected chi connectivity index (χ0v) is 18.7. The molecule has 4 rings (SSSR count). The second-order valence-electron chi connectivity index (χ2n) is 7.21. The number of halogens is 2. The predicted molar refractivity (Wildman–Crippen MR) is 125 cm³/mol. The first-order valence-corrected chi connectivity index (χ1v) is 10.7. The first-order valence-electron chi connectivity index (χ1n) is 9.98. The van der Waals surface area contributed by atoms with Gasteiger partial charge in [-0.05, 0) is 42.5 Å². The van der Waals surface area contributed by atoms with Gasteiger partial charge in [-0.2, -0.15) is 0 Å². The minimum atomic E-state index is -0.865. The van der Waals surface area contributed by atoms with Crippen molar-refractivity contribution < 1.29 is 19.5 Å². The molecule has 8 nitrogen and oxygen atoms in total. The van der Waals surface area contributed by atoms with Crippen molar-refractivity contribution in [3.8, 4) is 11.5 Å². The van der Waals surface area contributed by atoms with E-state index in [-0.39, 0.29) is 25.4 Å². The van der Waals surface area contributed by atoms with Crippen LogP contribution in [0.2, 0.25) is 10.0 Å². The number of aliphatic hydroxyl groups is 1. The number of fused-ring (bicyclic) bond motifs is 1. The highest BCUT2D eigenvalue weighted by Crippen LogP contribution is 2.28. The summed E-state index contributed by atoms with van der Waals surface area (Å²) in [5.41, 5.74) is 1.58. The first kappa shape index (κ1) is 22.8. The molecule has 10 heteroatoms. The van der Waals surface area contributed by atoms with Gasteiger partial charge in [0.1, 0.15) is 36.6 Å². The number of nitro groups is 1. The maximum Gasteiger partial charge on any atom is 0.269 e. The Kier molecular flexibility index (Phi) is 6.98. The number of aromatic nitrogens is 2. The second-order valence-corrected chi connectivity index (χ2v) is 8.05. The number of imidazole rings is 1. The minimum absolute atomic E-state index is 0.00632. The molecule has 0 fully saturated rings. The Morgan fingerprint density at radius 1 is 1.06 bits per heavy atom. The molecular weight excluding hydrogens is 469 g/mol. The topological polar surface area (TPSA) is 99.7 Å². The number of ether oxygens (including phenoxy) is 2. The molecule has 1 unspecified atom stereocenters. The fourth-order valence-electron chi connectivity index (χ4n) is 3.29. The van der Waals surface area contributed by atoms with Crippen molar-refractivity contribution in [3.63, 3.8) is 0 Å². The first-order chi connectivity index (χ1) is 15.9. The van der Waals surface area contributed by atoms with Crippen LogP contribution in [0, 0.1) is 10.1 Å². The number of hydrogen-bond donors (Lipinski definition) is 1. The molecule has 0 aliphatic carbocycles. The number of para-hydroxylation sites is 2. The molecule has 1 heterocycles. The van der Waals surface area contributed by atoms with Crippen LogP contribution in [0.3, 0.4) is 0 Å². The van der Waals surface area contributed by atoms with Crippen LogP contribution in [-0.2, 0) is 13.2 Å². The third-order valence-electron chi connectivity index (χ3n) is 4.87. The highest BCUT2D eigenvalue weighted by molar-refractivity contribution is 6.35. The standard InChI is InChI=1S/C23H19Cl2N3O5/c24-15-5-10-22(19(25)11-15)33-14-23-26-20-3-1-2-4-21(20)27(23)12-17(29)13-32-18-8-6-16(7-9-18)28(30)31/h1-11,17,29H,12-14H2. The van der Waals surface area contributed by atoms with Crippen LogP contribution in [0.25, 0.3) is 11.0 Å². The van der Waals surface area contributed by atoms with Crippen molar-refractivity contribution in [3.05, 3.63) is 92.7 Å². The number of hydrogen-bond acceptors (Lipinski definition) is 6. The number of aliphatic hydroxyl groups excluding tert-OH is 1. The summed E-state index contributed by atoms with van der Waals surface area (Å²) in [5, 5.41) is 22.3. The van der Waals surface area contributed by atoms with Gasteiger partial charge in [-0.25, -0.2) is 4.98 Å². The van der Waals surface area contributed by atoms with Crippen molar-refractivity contribution in [2.45, 2.75) is 19.3 Å². The van der Waals surface area contributed by atoms with Crippen LogP contribution in [0.5, 0.6) is 11.5 Å². The van der Waals surface area contributed by atoms with E-state index in [9.17, 15) is 15.2 Å². The molecule has 0 saturated heterocycles. The Hall–Kier alpha value is -3.33. The van der Waals surface area contributed by atoms with E-state index in [1.807, 2.05) is 28.8 Å². The van der Waals surface area contributed by atoms with E-state index in [0.717, 1.165) is 11.0 Å². The van der Waals surface area contributed by atoms with Crippen LogP contribution in [-0.4, -0.2) is 32.3 Å². The Morgan fingerprint density at radius 3 is 2.55 bits per heavy atom. The van der Waals surface area contributed by atoms with Gasteiger partial charge in [0.25, 0.3) is 5.69 Å². The Balaban J connectivity index is 1.47. The maximum atomic E-state index is 10.8. The average Bonchev–Trinajstić information content (AvgIpc) is 3.14. The quantitative estimate of drug-likeness (QED) is 0.255. The van der Waals surface area contributed by atoms with Crippen molar-refractivity contribution in [1.29, 1.82) is 0 Å². The molecule has 4 aromatic rings. The molecule has 33 heavy (non-hydrogen) atoms. The fourth-order valence-corrected chi connectivity index (χ4v) is 3.76. The van der Waals surface area contributed by atoms with Crippen LogP contribution in [0.1, 0.15) is 5.82 Å². The zero-order valence-electron chi connectivity index (χ0n) is 17.2. The van der Waals surface area contributed by atoms with Crippen LogP contribution in [0.4, 0.5) is 5.69 Å². The van der Waals surface area contributed by atoms with Gasteiger partial charge in [0.15, 0.2) is 0 Å². The molecule has 0 radical (unpaired) electrons. The molecule has 3 aromatic carbocycles. The minimum Gasteiger partial charge on any atom is -0.491 e. The Bertz CT molecular complexity index is 1280. The maximum absolute atomic E-state index is 10.8. The number of nitrogens with zero attached hydrogens (tertiary/aromatic N) is 3. The lowest BCUT2D eigenvalue weighted by atomic mass is 10.3. The molecule has 0 saturated carbocycles. The van der Waals surface area contributed by atoms with Gasteiger partial charge in [-0.15, -0.1) is 0 Å². The number of non-ortho nitro benzene ring substituents is 1. The van der Waals surface area contributed by atoms with Gasteiger partial charge in [-0.3, -0.25) is 10.1 Å². The molecule has 0 aliphatic rings. The van der Waals surface area contributed by atoms with E-state index in [1.54, 1.807) is 18.2 Å². The van der Waals surface area contributed by atoms with Gasteiger partial charge in [-0.1, -0.05) is 35.3 Å². The van der Waals surface area contributed by atoms with Crippen molar-refractivity contribution >= 4 is 39.9 Å². The van der Waals surface area contributed by atoms with E-state index in [4.69, 9.17) is 32.7 Å². The average molecular weight is 488 g/mol. The highest BCUT2D eigenvalue weighted by Gasteiger charge is 2.16. The summed E-state index contributed by atoms with van der Waals surface area (Å²) in [6, 6.07) is 18.2. The lowest BCUT2D eigenvalue weighted by molar-refractivity contribution is -0.384. The Morgan fingerprint density at radius 2 is 1.82 bits per heavy atom. The third-order valence-corrected chi connectivity index (χ3v) is 5.40. The largest absolute Gasteiger partial charge is 0.491 e. The fraction of sp³-hybridized carbons (Fsp3) is 0.174. The Labute approximate surface area is 199 Å². The summed E-state index contributed by atoms with van der Waals surface area (Å²) in [5.74, 6) is 1.51. The summed E-state index contributed by atoms with van der Waals surface area (Å²) in [4.78, 5) is 14.9. The molecule has 1 atom stereocenters. The van der Waals surface area contributed by atoms with E-state index in [0.29, 0.717) is 27.4 Å². The number of rotatable bonds is 9. The van der Waals surface area contributed by atoms with Crippen LogP contribution < -0.4 is 9.47 Å². The van der Waals surface area contributed by atoms with Gasteiger partial charge in [0.2, 0.25) is 0 Å². The van der Waals surface area contributed by atoms with E-state index in [1.165, 1.54) is 24.3 Å².